The van der Waals surface area contributed by atoms with Crippen LogP contribution >= 0.6 is 11.6 Å². The molecule has 0 fully saturated rings. The molecule has 4 heteroatoms. The molecule has 0 aromatic heterocycles. The Labute approximate surface area is 88.8 Å². The first-order chi connectivity index (χ1) is 6.72. The molecule has 0 aliphatic heterocycles. The van der Waals surface area contributed by atoms with Gasteiger partial charge in [-0.15, -0.1) is 0 Å². The lowest BCUT2D eigenvalue weighted by atomic mass is 10.3. The molecule has 1 aromatic carbocycles. The third-order valence-corrected chi connectivity index (χ3v) is 1.81. The summed E-state index contributed by atoms with van der Waals surface area (Å²) in [6.07, 6.45) is 0. The van der Waals surface area contributed by atoms with Gasteiger partial charge in [0, 0.05) is 23.4 Å². The molecule has 0 bridgehead atoms. The van der Waals surface area contributed by atoms with E-state index in [1.165, 1.54) is 0 Å². The topological polar surface area (TPSA) is 44.5 Å². The van der Waals surface area contributed by atoms with Gasteiger partial charge in [-0.1, -0.05) is 11.6 Å². The van der Waals surface area contributed by atoms with Crippen LogP contribution in [0.4, 0.5) is 5.69 Å². The van der Waals surface area contributed by atoms with E-state index in [0.29, 0.717) is 36.3 Å². The molecular formula is C10H14ClNO2. The molecule has 0 saturated heterocycles. The van der Waals surface area contributed by atoms with Gasteiger partial charge in [0.1, 0.15) is 12.4 Å². The molecule has 2 N–H and O–H groups in total. The Balaban J connectivity index is 2.42. The molecule has 0 radical (unpaired) electrons. The van der Waals surface area contributed by atoms with Crippen molar-refractivity contribution < 1.29 is 9.47 Å². The average molecular weight is 216 g/mol. The molecule has 3 nitrogen and oxygen atoms in total. The van der Waals surface area contributed by atoms with Crippen molar-refractivity contribution in [2.24, 2.45) is 0 Å². The molecule has 1 rings (SSSR count). The van der Waals surface area contributed by atoms with Crippen LogP contribution in [-0.4, -0.2) is 19.8 Å². The van der Waals surface area contributed by atoms with E-state index in [0.717, 1.165) is 0 Å². The SMILES string of the molecule is CCOCCOc1cc(N)cc(Cl)c1. The maximum atomic E-state index is 5.80. The maximum absolute atomic E-state index is 5.80. The molecule has 0 aliphatic carbocycles. The summed E-state index contributed by atoms with van der Waals surface area (Å²) in [6, 6.07) is 5.14. The minimum atomic E-state index is 0.508. The van der Waals surface area contributed by atoms with Gasteiger partial charge in [0.15, 0.2) is 0 Å². The molecule has 0 amide bonds. The zero-order valence-corrected chi connectivity index (χ0v) is 8.88. The third kappa shape index (κ3) is 3.85. The Bertz CT molecular complexity index is 271. The molecule has 0 atom stereocenters. The van der Waals surface area contributed by atoms with Gasteiger partial charge in [-0.25, -0.2) is 0 Å². The second-order valence-electron chi connectivity index (χ2n) is 2.77. The van der Waals surface area contributed by atoms with Crippen molar-refractivity contribution in [1.82, 2.24) is 0 Å². The molecule has 0 aliphatic rings. The Kier molecular flexibility index (Phi) is 4.56. The summed E-state index contributed by atoms with van der Waals surface area (Å²) in [4.78, 5) is 0. The highest BCUT2D eigenvalue weighted by Crippen LogP contribution is 2.22. The molecule has 0 unspecified atom stereocenters. The van der Waals surface area contributed by atoms with Crippen LogP contribution in [0.15, 0.2) is 18.2 Å². The van der Waals surface area contributed by atoms with Crippen LogP contribution in [0, 0.1) is 0 Å². The van der Waals surface area contributed by atoms with Gasteiger partial charge in [-0.3, -0.25) is 0 Å². The molecule has 0 heterocycles. The van der Waals surface area contributed by atoms with Gasteiger partial charge in [-0.05, 0) is 19.1 Å². The fraction of sp³-hybridized carbons (Fsp3) is 0.400. The number of hydrogen-bond donors (Lipinski definition) is 1. The predicted molar refractivity (Wildman–Crippen MR) is 57.9 cm³/mol. The fourth-order valence-corrected chi connectivity index (χ4v) is 1.26. The van der Waals surface area contributed by atoms with E-state index in [1.807, 2.05) is 6.92 Å². The number of halogens is 1. The van der Waals surface area contributed by atoms with E-state index in [9.17, 15) is 0 Å². The van der Waals surface area contributed by atoms with Crippen LogP contribution < -0.4 is 10.5 Å². The number of anilines is 1. The lowest BCUT2D eigenvalue weighted by molar-refractivity contribution is 0.110. The van der Waals surface area contributed by atoms with E-state index >= 15 is 0 Å². The minimum absolute atomic E-state index is 0.508. The first-order valence-corrected chi connectivity index (χ1v) is 4.86. The summed E-state index contributed by atoms with van der Waals surface area (Å²) >= 11 is 5.80. The highest BCUT2D eigenvalue weighted by Gasteiger charge is 1.97. The lowest BCUT2D eigenvalue weighted by Crippen LogP contribution is -2.06. The van der Waals surface area contributed by atoms with Crippen molar-refractivity contribution >= 4 is 17.3 Å². The highest BCUT2D eigenvalue weighted by atomic mass is 35.5. The second-order valence-corrected chi connectivity index (χ2v) is 3.20. The number of benzene rings is 1. The van der Waals surface area contributed by atoms with Crippen LogP contribution in [0.2, 0.25) is 5.02 Å². The predicted octanol–water partition coefficient (Wildman–Crippen LogP) is 2.34. The molecule has 0 saturated carbocycles. The van der Waals surface area contributed by atoms with Crippen LogP contribution in [0.25, 0.3) is 0 Å². The van der Waals surface area contributed by atoms with Gasteiger partial charge in [0.2, 0.25) is 0 Å². The van der Waals surface area contributed by atoms with Crippen molar-refractivity contribution in [3.05, 3.63) is 23.2 Å². The molecule has 1 aromatic rings. The minimum Gasteiger partial charge on any atom is -0.491 e. The Hall–Kier alpha value is -0.930. The summed E-state index contributed by atoms with van der Waals surface area (Å²) in [6.45, 7) is 3.72. The van der Waals surface area contributed by atoms with E-state index in [2.05, 4.69) is 0 Å². The normalized spacial score (nSPS) is 10.1. The van der Waals surface area contributed by atoms with Gasteiger partial charge < -0.3 is 15.2 Å². The Morgan fingerprint density at radius 3 is 2.71 bits per heavy atom. The van der Waals surface area contributed by atoms with Crippen LogP contribution in [0.3, 0.4) is 0 Å². The van der Waals surface area contributed by atoms with Crippen LogP contribution in [0.1, 0.15) is 6.92 Å². The van der Waals surface area contributed by atoms with Crippen LogP contribution in [0.5, 0.6) is 5.75 Å². The summed E-state index contributed by atoms with van der Waals surface area (Å²) in [5.74, 6) is 0.676. The van der Waals surface area contributed by atoms with Crippen LogP contribution in [-0.2, 0) is 4.74 Å². The van der Waals surface area contributed by atoms with Crippen molar-refractivity contribution in [1.29, 1.82) is 0 Å². The van der Waals surface area contributed by atoms with Gasteiger partial charge >= 0.3 is 0 Å². The van der Waals surface area contributed by atoms with Gasteiger partial charge in [0.25, 0.3) is 0 Å². The summed E-state index contributed by atoms with van der Waals surface area (Å²) in [7, 11) is 0. The Morgan fingerprint density at radius 2 is 2.07 bits per heavy atom. The van der Waals surface area contributed by atoms with Crippen molar-refractivity contribution in [2.45, 2.75) is 6.92 Å². The zero-order chi connectivity index (χ0) is 10.4. The first-order valence-electron chi connectivity index (χ1n) is 4.49. The standard InChI is InChI=1S/C10H14ClNO2/c1-2-13-3-4-14-10-6-8(11)5-9(12)7-10/h5-7H,2-4,12H2,1H3. The molecule has 14 heavy (non-hydrogen) atoms. The number of nitrogens with two attached hydrogens (primary N) is 1. The van der Waals surface area contributed by atoms with E-state index in [1.54, 1.807) is 18.2 Å². The fourth-order valence-electron chi connectivity index (χ4n) is 1.03. The molecule has 78 valence electrons. The summed E-state index contributed by atoms with van der Waals surface area (Å²) < 4.78 is 10.5. The highest BCUT2D eigenvalue weighted by molar-refractivity contribution is 6.31. The van der Waals surface area contributed by atoms with Crippen molar-refractivity contribution in [2.75, 3.05) is 25.6 Å². The number of ether oxygens (including phenoxy) is 2. The average Bonchev–Trinajstić information content (AvgIpc) is 2.11. The van der Waals surface area contributed by atoms with E-state index < -0.39 is 0 Å². The number of nitrogen functional groups attached to an aromatic ring is 1. The monoisotopic (exact) mass is 215 g/mol. The van der Waals surface area contributed by atoms with Gasteiger partial charge in [-0.2, -0.15) is 0 Å². The summed E-state index contributed by atoms with van der Waals surface area (Å²) in [5, 5.41) is 0.580. The number of hydrogen-bond acceptors (Lipinski definition) is 3. The summed E-state index contributed by atoms with van der Waals surface area (Å²) in [5.41, 5.74) is 6.19. The van der Waals surface area contributed by atoms with Gasteiger partial charge in [0.05, 0.1) is 6.61 Å². The quantitative estimate of drug-likeness (QED) is 0.606. The van der Waals surface area contributed by atoms with E-state index in [4.69, 9.17) is 26.8 Å². The molecule has 0 spiro atoms. The van der Waals surface area contributed by atoms with Crippen molar-refractivity contribution in [3.63, 3.8) is 0 Å². The van der Waals surface area contributed by atoms with E-state index in [-0.39, 0.29) is 0 Å². The zero-order valence-electron chi connectivity index (χ0n) is 8.13. The Morgan fingerprint density at radius 1 is 1.29 bits per heavy atom. The smallest absolute Gasteiger partial charge is 0.122 e. The maximum Gasteiger partial charge on any atom is 0.122 e. The molecular weight excluding hydrogens is 202 g/mol. The third-order valence-electron chi connectivity index (χ3n) is 1.59. The van der Waals surface area contributed by atoms with Crippen molar-refractivity contribution in [3.8, 4) is 5.75 Å². The lowest BCUT2D eigenvalue weighted by Gasteiger charge is -2.07. The largest absolute Gasteiger partial charge is 0.491 e. The number of rotatable bonds is 5. The second kappa shape index (κ2) is 5.73. The first kappa shape index (κ1) is 11.1.